The van der Waals surface area contributed by atoms with Crippen LogP contribution in [0.5, 0.6) is 0 Å². The monoisotopic (exact) mass is 249 g/mol. The first-order valence-electron chi connectivity index (χ1n) is 7.26. The fraction of sp³-hybridized carbons (Fsp3) is 0.800. The van der Waals surface area contributed by atoms with E-state index in [0.717, 1.165) is 13.0 Å². The van der Waals surface area contributed by atoms with Crippen LogP contribution >= 0.6 is 0 Å². The van der Waals surface area contributed by atoms with Crippen molar-refractivity contribution < 1.29 is 0 Å². The summed E-state index contributed by atoms with van der Waals surface area (Å²) in [6.45, 7) is 7.92. The van der Waals surface area contributed by atoms with Crippen molar-refractivity contribution >= 4 is 0 Å². The van der Waals surface area contributed by atoms with Gasteiger partial charge in [-0.15, -0.1) is 0 Å². The van der Waals surface area contributed by atoms with Gasteiger partial charge in [-0.3, -0.25) is 0 Å². The molecular formula is C15H27N3. The Balaban J connectivity index is 2.07. The van der Waals surface area contributed by atoms with Crippen LogP contribution in [0.25, 0.3) is 0 Å². The zero-order valence-corrected chi connectivity index (χ0v) is 12.0. The lowest BCUT2D eigenvalue weighted by molar-refractivity contribution is 0.275. The largest absolute Gasteiger partial charge is 0.333 e. The SMILES string of the molecule is CC(C)CC(N)c1cncn1CC1(C)CCCC1. The summed E-state index contributed by atoms with van der Waals surface area (Å²) in [5.41, 5.74) is 7.95. The van der Waals surface area contributed by atoms with Crippen molar-refractivity contribution in [3.63, 3.8) is 0 Å². The van der Waals surface area contributed by atoms with Gasteiger partial charge in [-0.25, -0.2) is 4.98 Å². The van der Waals surface area contributed by atoms with Crippen LogP contribution < -0.4 is 5.73 Å². The number of aromatic nitrogens is 2. The van der Waals surface area contributed by atoms with Crippen molar-refractivity contribution in [3.8, 4) is 0 Å². The normalized spacial score (nSPS) is 20.5. The van der Waals surface area contributed by atoms with Gasteiger partial charge in [0.25, 0.3) is 0 Å². The molecule has 2 N–H and O–H groups in total. The molecule has 0 aromatic carbocycles. The average molecular weight is 249 g/mol. The fourth-order valence-corrected chi connectivity index (χ4v) is 3.20. The summed E-state index contributed by atoms with van der Waals surface area (Å²) in [5, 5.41) is 0. The Labute approximate surface area is 111 Å². The van der Waals surface area contributed by atoms with Gasteiger partial charge in [-0.2, -0.15) is 0 Å². The van der Waals surface area contributed by atoms with E-state index < -0.39 is 0 Å². The molecule has 1 aliphatic carbocycles. The van der Waals surface area contributed by atoms with Crippen LogP contribution in [-0.2, 0) is 6.54 Å². The second-order valence-electron chi connectivity index (χ2n) is 6.70. The predicted octanol–water partition coefficient (Wildman–Crippen LogP) is 3.51. The highest BCUT2D eigenvalue weighted by Gasteiger charge is 2.30. The summed E-state index contributed by atoms with van der Waals surface area (Å²) in [6.07, 6.45) is 10.4. The molecule has 1 aromatic heterocycles. The molecule has 0 radical (unpaired) electrons. The van der Waals surface area contributed by atoms with Crippen LogP contribution in [0, 0.1) is 11.3 Å². The molecule has 1 aromatic rings. The van der Waals surface area contributed by atoms with Gasteiger partial charge in [-0.1, -0.05) is 33.6 Å². The minimum atomic E-state index is 0.123. The third kappa shape index (κ3) is 3.14. The van der Waals surface area contributed by atoms with E-state index in [-0.39, 0.29) is 6.04 Å². The molecule has 0 bridgehead atoms. The molecule has 1 atom stereocenters. The highest BCUT2D eigenvalue weighted by atomic mass is 15.1. The Morgan fingerprint density at radius 2 is 2.06 bits per heavy atom. The van der Waals surface area contributed by atoms with Gasteiger partial charge in [0.15, 0.2) is 0 Å². The minimum Gasteiger partial charge on any atom is -0.333 e. The third-order valence-electron chi connectivity index (χ3n) is 4.21. The van der Waals surface area contributed by atoms with Crippen LogP contribution in [0.2, 0.25) is 0 Å². The Morgan fingerprint density at radius 1 is 1.39 bits per heavy atom. The van der Waals surface area contributed by atoms with E-state index in [1.54, 1.807) is 0 Å². The highest BCUT2D eigenvalue weighted by Crippen LogP contribution is 2.39. The Bertz CT molecular complexity index is 375. The Hall–Kier alpha value is -0.830. The second-order valence-corrected chi connectivity index (χ2v) is 6.70. The predicted molar refractivity (Wildman–Crippen MR) is 75.2 cm³/mol. The molecular weight excluding hydrogens is 222 g/mol. The summed E-state index contributed by atoms with van der Waals surface area (Å²) in [7, 11) is 0. The number of nitrogens with zero attached hydrogens (tertiary/aromatic N) is 2. The quantitative estimate of drug-likeness (QED) is 0.868. The van der Waals surface area contributed by atoms with Crippen LogP contribution in [0.15, 0.2) is 12.5 Å². The van der Waals surface area contributed by atoms with Crippen molar-refractivity contribution in [1.29, 1.82) is 0 Å². The van der Waals surface area contributed by atoms with E-state index in [9.17, 15) is 0 Å². The van der Waals surface area contributed by atoms with E-state index in [1.807, 2.05) is 12.5 Å². The van der Waals surface area contributed by atoms with Crippen molar-refractivity contribution in [3.05, 3.63) is 18.2 Å². The van der Waals surface area contributed by atoms with E-state index in [0.29, 0.717) is 11.3 Å². The van der Waals surface area contributed by atoms with E-state index >= 15 is 0 Å². The van der Waals surface area contributed by atoms with Crippen LogP contribution in [0.3, 0.4) is 0 Å². The number of hydrogen-bond acceptors (Lipinski definition) is 2. The van der Waals surface area contributed by atoms with Gasteiger partial charge >= 0.3 is 0 Å². The van der Waals surface area contributed by atoms with Crippen molar-refractivity contribution in [1.82, 2.24) is 9.55 Å². The lowest BCUT2D eigenvalue weighted by atomic mass is 9.88. The second kappa shape index (κ2) is 5.43. The van der Waals surface area contributed by atoms with E-state index in [4.69, 9.17) is 5.73 Å². The summed E-state index contributed by atoms with van der Waals surface area (Å²) < 4.78 is 2.29. The fourth-order valence-electron chi connectivity index (χ4n) is 3.20. The van der Waals surface area contributed by atoms with Gasteiger partial charge in [0.05, 0.1) is 12.0 Å². The minimum absolute atomic E-state index is 0.123. The zero-order chi connectivity index (χ0) is 13.2. The van der Waals surface area contributed by atoms with E-state index in [1.165, 1.54) is 31.4 Å². The Kier molecular flexibility index (Phi) is 4.10. The van der Waals surface area contributed by atoms with Crippen molar-refractivity contribution in [2.24, 2.45) is 17.1 Å². The molecule has 0 spiro atoms. The van der Waals surface area contributed by atoms with Gasteiger partial charge in [0.2, 0.25) is 0 Å². The molecule has 0 amide bonds. The average Bonchev–Trinajstić information content (AvgIpc) is 2.87. The summed E-state index contributed by atoms with van der Waals surface area (Å²) >= 11 is 0. The molecule has 1 aliphatic rings. The first-order chi connectivity index (χ1) is 8.50. The van der Waals surface area contributed by atoms with Gasteiger partial charge in [0, 0.05) is 18.8 Å². The summed E-state index contributed by atoms with van der Waals surface area (Å²) in [5.74, 6) is 0.630. The molecule has 1 unspecified atom stereocenters. The third-order valence-corrected chi connectivity index (χ3v) is 4.21. The number of hydrogen-bond donors (Lipinski definition) is 1. The summed E-state index contributed by atoms with van der Waals surface area (Å²) in [6, 6.07) is 0.123. The Morgan fingerprint density at radius 3 is 2.67 bits per heavy atom. The first-order valence-corrected chi connectivity index (χ1v) is 7.26. The highest BCUT2D eigenvalue weighted by molar-refractivity contribution is 5.05. The molecule has 2 rings (SSSR count). The molecule has 1 saturated carbocycles. The molecule has 1 fully saturated rings. The van der Waals surface area contributed by atoms with Crippen LogP contribution in [0.4, 0.5) is 0 Å². The van der Waals surface area contributed by atoms with Crippen molar-refractivity contribution in [2.75, 3.05) is 0 Å². The standard InChI is InChI=1S/C15H27N3/c1-12(2)8-13(16)14-9-17-11-18(14)10-15(3)6-4-5-7-15/h9,11-13H,4-8,10,16H2,1-3H3. The van der Waals surface area contributed by atoms with Crippen molar-refractivity contribution in [2.45, 2.75) is 65.5 Å². The molecule has 3 heteroatoms. The van der Waals surface area contributed by atoms with Gasteiger partial charge in [-0.05, 0) is 30.6 Å². The number of nitrogens with two attached hydrogens (primary N) is 1. The van der Waals surface area contributed by atoms with Crippen LogP contribution in [0.1, 0.15) is 64.6 Å². The topological polar surface area (TPSA) is 43.8 Å². The van der Waals surface area contributed by atoms with Crippen LogP contribution in [-0.4, -0.2) is 9.55 Å². The molecule has 0 saturated heterocycles. The van der Waals surface area contributed by atoms with Gasteiger partial charge in [0.1, 0.15) is 0 Å². The molecule has 3 nitrogen and oxygen atoms in total. The van der Waals surface area contributed by atoms with E-state index in [2.05, 4.69) is 30.3 Å². The maximum atomic E-state index is 6.30. The molecule has 18 heavy (non-hydrogen) atoms. The lowest BCUT2D eigenvalue weighted by Crippen LogP contribution is -2.24. The lowest BCUT2D eigenvalue weighted by Gasteiger charge is -2.26. The smallest absolute Gasteiger partial charge is 0.0948 e. The number of imidazole rings is 1. The van der Waals surface area contributed by atoms with Gasteiger partial charge < -0.3 is 10.3 Å². The molecule has 1 heterocycles. The maximum absolute atomic E-state index is 6.30. The first kappa shape index (κ1) is 13.6. The molecule has 102 valence electrons. The zero-order valence-electron chi connectivity index (χ0n) is 12.0. The summed E-state index contributed by atoms with van der Waals surface area (Å²) in [4.78, 5) is 4.31. The molecule has 0 aliphatic heterocycles. The number of rotatable bonds is 5. The maximum Gasteiger partial charge on any atom is 0.0948 e.